The lowest BCUT2D eigenvalue weighted by molar-refractivity contribution is -0.137. The van der Waals surface area contributed by atoms with Crippen molar-refractivity contribution in [3.8, 4) is 11.5 Å². The van der Waals surface area contributed by atoms with Crippen LogP contribution in [0, 0.1) is 6.92 Å². The van der Waals surface area contributed by atoms with Crippen LogP contribution in [0.2, 0.25) is 0 Å². The monoisotopic (exact) mass is 490 g/mol. The van der Waals surface area contributed by atoms with Gasteiger partial charge in [-0.25, -0.2) is 19.6 Å². The maximum atomic E-state index is 13.6. The molecular weight excluding hydrogens is 469 g/mol. The Balaban J connectivity index is 1.41. The van der Waals surface area contributed by atoms with Gasteiger partial charge in [-0.15, -0.1) is 0 Å². The largest absolute Gasteiger partial charge is 0.443 e. The molecule has 1 amide bonds. The minimum atomic E-state index is -4.57. The van der Waals surface area contributed by atoms with E-state index in [1.165, 1.54) is 11.0 Å². The standard InChI is InChI=1S/C21H21F3N8OS/c1-12-9-30(7-8-32(12)16(33)10-31-11-25-13(2)29-31)19-17(28-20(34-19)21(22,23)24)18-26-14-5-3-4-6-15(14)27-18/h3-6,11-12H,7-10H2,1-2H3,(H,26,27)/t12-/m1/s1. The Kier molecular flexibility index (Phi) is 5.50. The number of benzene rings is 1. The minimum absolute atomic E-state index is 0.0637. The number of fused-ring (bicyclic) bond motifs is 1. The molecule has 0 saturated carbocycles. The van der Waals surface area contributed by atoms with Crippen molar-refractivity contribution in [3.63, 3.8) is 0 Å². The van der Waals surface area contributed by atoms with Crippen molar-refractivity contribution < 1.29 is 18.0 Å². The van der Waals surface area contributed by atoms with E-state index in [2.05, 4.69) is 25.0 Å². The number of nitrogens with one attached hydrogen (secondary N) is 1. The highest BCUT2D eigenvalue weighted by Gasteiger charge is 2.39. The molecule has 4 heterocycles. The third-order valence-electron chi connectivity index (χ3n) is 5.65. The SMILES string of the molecule is Cc1ncn(CC(=O)N2CCN(c3sc(C(F)(F)F)nc3-c3nc4ccccc4[nH]3)C[C@H]2C)n1. The van der Waals surface area contributed by atoms with Crippen LogP contribution in [0.15, 0.2) is 30.6 Å². The van der Waals surface area contributed by atoms with Crippen LogP contribution >= 0.6 is 11.3 Å². The molecular formula is C21H21F3N8OS. The fourth-order valence-corrected chi connectivity index (χ4v) is 5.04. The molecule has 0 radical (unpaired) electrons. The normalized spacial score (nSPS) is 17.0. The van der Waals surface area contributed by atoms with E-state index in [-0.39, 0.29) is 30.0 Å². The molecule has 4 aromatic rings. The van der Waals surface area contributed by atoms with Gasteiger partial charge >= 0.3 is 6.18 Å². The predicted molar refractivity (Wildman–Crippen MR) is 120 cm³/mol. The number of imidazole rings is 1. The number of carbonyl (C=O) groups excluding carboxylic acids is 1. The van der Waals surface area contributed by atoms with Gasteiger partial charge in [-0.2, -0.15) is 18.3 Å². The van der Waals surface area contributed by atoms with Crippen LogP contribution < -0.4 is 4.90 Å². The van der Waals surface area contributed by atoms with E-state index in [4.69, 9.17) is 0 Å². The fourth-order valence-electron chi connectivity index (χ4n) is 4.07. The van der Waals surface area contributed by atoms with Crippen molar-refractivity contribution >= 4 is 33.3 Å². The molecule has 13 heteroatoms. The number of rotatable bonds is 4. The summed E-state index contributed by atoms with van der Waals surface area (Å²) in [7, 11) is 0. The first-order valence-electron chi connectivity index (χ1n) is 10.6. The second-order valence-corrected chi connectivity index (χ2v) is 9.12. The summed E-state index contributed by atoms with van der Waals surface area (Å²) in [5.74, 6) is 0.750. The number of para-hydroxylation sites is 2. The molecule has 0 aliphatic carbocycles. The minimum Gasteiger partial charge on any atom is -0.358 e. The van der Waals surface area contributed by atoms with Crippen molar-refractivity contribution in [2.45, 2.75) is 32.6 Å². The number of hydrogen-bond acceptors (Lipinski definition) is 7. The van der Waals surface area contributed by atoms with Gasteiger partial charge in [-0.05, 0) is 26.0 Å². The van der Waals surface area contributed by atoms with Crippen molar-refractivity contribution in [2.24, 2.45) is 0 Å². The average Bonchev–Trinajstić information content (AvgIpc) is 3.50. The highest BCUT2D eigenvalue weighted by atomic mass is 32.1. The first-order chi connectivity index (χ1) is 16.2. The number of alkyl halides is 3. The number of thiazole rings is 1. The Bertz CT molecular complexity index is 1310. The van der Waals surface area contributed by atoms with Crippen LogP contribution in [0.1, 0.15) is 17.8 Å². The highest BCUT2D eigenvalue weighted by Crippen LogP contribution is 2.42. The van der Waals surface area contributed by atoms with E-state index in [0.717, 1.165) is 5.52 Å². The Morgan fingerprint density at radius 2 is 2.03 bits per heavy atom. The maximum absolute atomic E-state index is 13.6. The van der Waals surface area contributed by atoms with Crippen LogP contribution in [0.5, 0.6) is 0 Å². The molecule has 1 saturated heterocycles. The molecule has 1 atom stereocenters. The van der Waals surface area contributed by atoms with Crippen molar-refractivity contribution in [1.29, 1.82) is 0 Å². The Morgan fingerprint density at radius 1 is 1.24 bits per heavy atom. The van der Waals surface area contributed by atoms with Crippen LogP contribution in [0.25, 0.3) is 22.6 Å². The lowest BCUT2D eigenvalue weighted by Gasteiger charge is -2.40. The first-order valence-corrected chi connectivity index (χ1v) is 11.4. The zero-order chi connectivity index (χ0) is 24.0. The van der Waals surface area contributed by atoms with Gasteiger partial charge in [0.25, 0.3) is 0 Å². The second kappa shape index (κ2) is 8.38. The van der Waals surface area contributed by atoms with Crippen LogP contribution in [0.4, 0.5) is 18.2 Å². The van der Waals surface area contributed by atoms with Gasteiger partial charge in [0.2, 0.25) is 10.9 Å². The number of aromatic nitrogens is 6. The Morgan fingerprint density at radius 3 is 2.71 bits per heavy atom. The number of aromatic amines is 1. The van der Waals surface area contributed by atoms with Gasteiger partial charge in [-0.1, -0.05) is 23.5 Å². The summed E-state index contributed by atoms with van der Waals surface area (Å²) in [5.41, 5.74) is 1.54. The molecule has 34 heavy (non-hydrogen) atoms. The number of nitrogens with zero attached hydrogens (tertiary/aromatic N) is 7. The van der Waals surface area contributed by atoms with Gasteiger partial charge in [0.05, 0.1) is 11.0 Å². The van der Waals surface area contributed by atoms with E-state index in [0.29, 0.717) is 47.3 Å². The summed E-state index contributed by atoms with van der Waals surface area (Å²) in [6.07, 6.45) is -3.06. The summed E-state index contributed by atoms with van der Waals surface area (Å²) in [6, 6.07) is 7.02. The van der Waals surface area contributed by atoms with Crippen LogP contribution in [-0.4, -0.2) is 66.2 Å². The third-order valence-corrected chi connectivity index (χ3v) is 6.81. The quantitative estimate of drug-likeness (QED) is 0.472. The fraction of sp³-hybridized carbons (Fsp3) is 0.381. The number of H-pyrrole nitrogens is 1. The van der Waals surface area contributed by atoms with Gasteiger partial charge in [0, 0.05) is 25.7 Å². The van der Waals surface area contributed by atoms with Crippen molar-refractivity contribution in [2.75, 3.05) is 24.5 Å². The molecule has 5 rings (SSSR count). The summed E-state index contributed by atoms with van der Waals surface area (Å²) in [5, 5.41) is 3.61. The lowest BCUT2D eigenvalue weighted by Crippen LogP contribution is -2.54. The lowest BCUT2D eigenvalue weighted by atomic mass is 10.2. The molecule has 1 aromatic carbocycles. The van der Waals surface area contributed by atoms with Gasteiger partial charge in [0.15, 0.2) is 5.82 Å². The Labute approximate surface area is 196 Å². The van der Waals surface area contributed by atoms with Crippen molar-refractivity contribution in [1.82, 2.24) is 34.6 Å². The predicted octanol–water partition coefficient (Wildman–Crippen LogP) is 3.34. The number of aryl methyl sites for hydroxylation is 1. The smallest absolute Gasteiger partial charge is 0.358 e. The van der Waals surface area contributed by atoms with Gasteiger partial charge in [0.1, 0.15) is 29.4 Å². The Hall–Kier alpha value is -3.48. The molecule has 3 aromatic heterocycles. The summed E-state index contributed by atoms with van der Waals surface area (Å²) >= 11 is 0.599. The zero-order valence-electron chi connectivity index (χ0n) is 18.4. The number of piperazine rings is 1. The maximum Gasteiger partial charge on any atom is 0.443 e. The highest BCUT2D eigenvalue weighted by molar-refractivity contribution is 7.16. The van der Waals surface area contributed by atoms with Crippen LogP contribution in [-0.2, 0) is 17.5 Å². The molecule has 1 N–H and O–H groups in total. The number of hydrogen-bond donors (Lipinski definition) is 1. The number of carbonyl (C=O) groups is 1. The molecule has 0 bridgehead atoms. The van der Waals surface area contributed by atoms with Crippen LogP contribution in [0.3, 0.4) is 0 Å². The number of anilines is 1. The van der Waals surface area contributed by atoms with Gasteiger partial charge < -0.3 is 14.8 Å². The number of amides is 1. The van der Waals surface area contributed by atoms with Gasteiger partial charge in [-0.3, -0.25) is 4.79 Å². The molecule has 1 aliphatic rings. The number of halogens is 3. The zero-order valence-corrected chi connectivity index (χ0v) is 19.2. The molecule has 0 spiro atoms. The molecule has 1 aliphatic heterocycles. The first kappa shape index (κ1) is 22.3. The molecule has 178 valence electrons. The average molecular weight is 491 g/mol. The summed E-state index contributed by atoms with van der Waals surface area (Å²) in [6.45, 7) is 4.80. The van der Waals surface area contributed by atoms with E-state index in [1.54, 1.807) is 17.9 Å². The molecule has 1 fully saturated rings. The van der Waals surface area contributed by atoms with E-state index < -0.39 is 11.2 Å². The molecule has 9 nitrogen and oxygen atoms in total. The third kappa shape index (κ3) is 4.22. The second-order valence-electron chi connectivity index (χ2n) is 8.14. The van der Waals surface area contributed by atoms with Crippen molar-refractivity contribution in [3.05, 3.63) is 41.4 Å². The molecule has 0 unspecified atom stereocenters. The summed E-state index contributed by atoms with van der Waals surface area (Å²) < 4.78 is 42.1. The van der Waals surface area contributed by atoms with E-state index in [1.807, 2.05) is 30.0 Å². The summed E-state index contributed by atoms with van der Waals surface area (Å²) in [4.78, 5) is 31.9. The topological polar surface area (TPSA) is 95.8 Å². The van der Waals surface area contributed by atoms with E-state index >= 15 is 0 Å². The van der Waals surface area contributed by atoms with E-state index in [9.17, 15) is 18.0 Å².